The average Bonchev–Trinajstić information content (AvgIpc) is 3.29. The Bertz CT molecular complexity index is 990. The summed E-state index contributed by atoms with van der Waals surface area (Å²) in [4.78, 5) is 48.8. The molecule has 2 N–H and O–H groups in total. The van der Waals surface area contributed by atoms with Crippen LogP contribution in [-0.2, 0) is 16.1 Å². The van der Waals surface area contributed by atoms with Gasteiger partial charge in [-0.2, -0.15) is 0 Å². The van der Waals surface area contributed by atoms with Crippen molar-refractivity contribution in [1.29, 1.82) is 0 Å². The molecule has 3 rings (SSSR count). The summed E-state index contributed by atoms with van der Waals surface area (Å²) in [6.07, 6.45) is 3.45. The van der Waals surface area contributed by atoms with Gasteiger partial charge < -0.3 is 19.4 Å². The lowest BCUT2D eigenvalue weighted by Gasteiger charge is -2.32. The lowest BCUT2D eigenvalue weighted by molar-refractivity contribution is -0.384. The van der Waals surface area contributed by atoms with Gasteiger partial charge in [0.05, 0.1) is 23.3 Å². The number of urea groups is 1. The Morgan fingerprint density at radius 3 is 2.81 bits per heavy atom. The summed E-state index contributed by atoms with van der Waals surface area (Å²) in [5.41, 5.74) is 0.194. The van der Waals surface area contributed by atoms with E-state index in [0.29, 0.717) is 30.5 Å². The SMILES string of the molecule is CC1CCCN(c2ccc(C(=O)OCC(=O)NC(=O)NCc3ccco3)cc2[N+](=O)[O-])C1. The van der Waals surface area contributed by atoms with Gasteiger partial charge >= 0.3 is 12.0 Å². The molecule has 170 valence electrons. The van der Waals surface area contributed by atoms with Crippen molar-refractivity contribution in [3.8, 4) is 0 Å². The Morgan fingerprint density at radius 1 is 1.31 bits per heavy atom. The van der Waals surface area contributed by atoms with Crippen molar-refractivity contribution >= 4 is 29.3 Å². The van der Waals surface area contributed by atoms with Crippen LogP contribution in [0.5, 0.6) is 0 Å². The number of carbonyl (C=O) groups is 3. The summed E-state index contributed by atoms with van der Waals surface area (Å²) >= 11 is 0. The minimum absolute atomic E-state index is 0.0550. The zero-order valence-corrected chi connectivity index (χ0v) is 17.5. The van der Waals surface area contributed by atoms with E-state index in [-0.39, 0.29) is 17.8 Å². The molecule has 1 saturated heterocycles. The van der Waals surface area contributed by atoms with Crippen molar-refractivity contribution in [3.05, 3.63) is 58.0 Å². The third kappa shape index (κ3) is 6.06. The van der Waals surface area contributed by atoms with Crippen molar-refractivity contribution in [2.45, 2.75) is 26.3 Å². The summed E-state index contributed by atoms with van der Waals surface area (Å²) in [5.74, 6) is -0.826. The number of ether oxygens (including phenoxy) is 1. The number of anilines is 1. The summed E-state index contributed by atoms with van der Waals surface area (Å²) < 4.78 is 9.94. The van der Waals surface area contributed by atoms with Gasteiger partial charge in [-0.15, -0.1) is 0 Å². The molecule has 0 radical (unpaired) electrons. The molecule has 0 saturated carbocycles. The van der Waals surface area contributed by atoms with E-state index in [9.17, 15) is 24.5 Å². The molecule has 0 bridgehead atoms. The second-order valence-electron chi connectivity index (χ2n) is 7.54. The van der Waals surface area contributed by atoms with Gasteiger partial charge in [0.15, 0.2) is 6.61 Å². The van der Waals surface area contributed by atoms with Crippen molar-refractivity contribution in [2.75, 3.05) is 24.6 Å². The molecule has 11 heteroatoms. The zero-order chi connectivity index (χ0) is 23.1. The molecule has 2 aromatic rings. The standard InChI is InChI=1S/C21H24N4O7/c1-14-4-2-8-24(12-14)17-7-6-15(10-18(17)25(29)30)20(27)32-13-19(26)23-21(28)22-11-16-5-3-9-31-16/h3,5-7,9-10,14H,2,4,8,11-13H2,1H3,(H2,22,23,26,28). The molecule has 1 atom stereocenters. The van der Waals surface area contributed by atoms with E-state index in [1.807, 2.05) is 10.2 Å². The van der Waals surface area contributed by atoms with Gasteiger partial charge in [-0.1, -0.05) is 6.92 Å². The topological polar surface area (TPSA) is 144 Å². The van der Waals surface area contributed by atoms with Crippen molar-refractivity contribution in [1.82, 2.24) is 10.6 Å². The van der Waals surface area contributed by atoms with E-state index >= 15 is 0 Å². The second kappa shape index (κ2) is 10.4. The number of carbonyl (C=O) groups excluding carboxylic acids is 3. The minimum Gasteiger partial charge on any atom is -0.467 e. The van der Waals surface area contributed by atoms with Crippen LogP contribution in [0, 0.1) is 16.0 Å². The summed E-state index contributed by atoms with van der Waals surface area (Å²) in [5, 5.41) is 16.0. The lowest BCUT2D eigenvalue weighted by Crippen LogP contribution is -2.41. The first-order valence-electron chi connectivity index (χ1n) is 10.1. The van der Waals surface area contributed by atoms with Crippen LogP contribution in [0.15, 0.2) is 41.0 Å². The zero-order valence-electron chi connectivity index (χ0n) is 17.5. The first-order chi connectivity index (χ1) is 15.3. The van der Waals surface area contributed by atoms with Crippen LogP contribution < -0.4 is 15.5 Å². The maximum atomic E-state index is 12.3. The number of hydrogen-bond donors (Lipinski definition) is 2. The first kappa shape index (κ1) is 22.8. The molecular weight excluding hydrogens is 420 g/mol. The van der Waals surface area contributed by atoms with E-state index in [4.69, 9.17) is 9.15 Å². The predicted octanol–water partition coefficient (Wildman–Crippen LogP) is 2.61. The van der Waals surface area contributed by atoms with E-state index in [1.165, 1.54) is 18.4 Å². The first-order valence-corrected chi connectivity index (χ1v) is 10.1. The summed E-state index contributed by atoms with van der Waals surface area (Å²) in [6, 6.07) is 6.62. The number of imide groups is 1. The number of nitro benzene ring substituents is 1. The fraction of sp³-hybridized carbons (Fsp3) is 0.381. The van der Waals surface area contributed by atoms with Gasteiger partial charge in [0.2, 0.25) is 0 Å². The number of piperidine rings is 1. The van der Waals surface area contributed by atoms with Gasteiger partial charge in [-0.05, 0) is 43.0 Å². The fourth-order valence-electron chi connectivity index (χ4n) is 3.47. The normalized spacial score (nSPS) is 15.7. The quantitative estimate of drug-likeness (QED) is 0.377. The Kier molecular flexibility index (Phi) is 7.42. The molecule has 2 heterocycles. The molecule has 1 aromatic heterocycles. The van der Waals surface area contributed by atoms with Crippen LogP contribution in [0.2, 0.25) is 0 Å². The Labute approximate surface area is 183 Å². The van der Waals surface area contributed by atoms with Gasteiger partial charge in [0.1, 0.15) is 11.4 Å². The van der Waals surface area contributed by atoms with Gasteiger partial charge in [-0.25, -0.2) is 9.59 Å². The second-order valence-corrected chi connectivity index (χ2v) is 7.54. The molecular formula is C21H24N4O7. The molecule has 0 spiro atoms. The van der Waals surface area contributed by atoms with Crippen molar-refractivity contribution < 1.29 is 28.5 Å². The van der Waals surface area contributed by atoms with E-state index in [2.05, 4.69) is 12.2 Å². The van der Waals surface area contributed by atoms with E-state index < -0.39 is 29.4 Å². The number of benzene rings is 1. The minimum atomic E-state index is -0.905. The highest BCUT2D eigenvalue weighted by Crippen LogP contribution is 2.32. The molecule has 1 aliphatic rings. The Hall–Kier alpha value is -3.89. The largest absolute Gasteiger partial charge is 0.467 e. The lowest BCUT2D eigenvalue weighted by atomic mass is 9.99. The highest BCUT2D eigenvalue weighted by molar-refractivity contribution is 5.97. The number of hydrogen-bond acceptors (Lipinski definition) is 8. The predicted molar refractivity (Wildman–Crippen MR) is 113 cm³/mol. The Balaban J connectivity index is 1.55. The maximum Gasteiger partial charge on any atom is 0.338 e. The molecule has 1 aliphatic heterocycles. The van der Waals surface area contributed by atoms with Crippen molar-refractivity contribution in [3.63, 3.8) is 0 Å². The van der Waals surface area contributed by atoms with Crippen LogP contribution in [-0.4, -0.2) is 42.5 Å². The highest BCUT2D eigenvalue weighted by Gasteiger charge is 2.25. The number of amides is 3. The van der Waals surface area contributed by atoms with Gasteiger partial charge in [-0.3, -0.25) is 20.2 Å². The van der Waals surface area contributed by atoms with Crippen LogP contribution in [0.3, 0.4) is 0 Å². The van der Waals surface area contributed by atoms with Gasteiger partial charge in [0.25, 0.3) is 11.6 Å². The number of nitrogens with one attached hydrogen (secondary N) is 2. The summed E-state index contributed by atoms with van der Waals surface area (Å²) in [6.45, 7) is 2.86. The van der Waals surface area contributed by atoms with Crippen LogP contribution in [0.4, 0.5) is 16.2 Å². The number of nitrogens with zero attached hydrogens (tertiary/aromatic N) is 2. The average molecular weight is 444 g/mol. The van der Waals surface area contributed by atoms with Crippen LogP contribution in [0.25, 0.3) is 0 Å². The highest BCUT2D eigenvalue weighted by atomic mass is 16.6. The molecule has 0 aliphatic carbocycles. The monoisotopic (exact) mass is 444 g/mol. The van der Waals surface area contributed by atoms with Crippen molar-refractivity contribution in [2.24, 2.45) is 5.92 Å². The molecule has 3 amide bonds. The third-order valence-electron chi connectivity index (χ3n) is 5.00. The maximum absolute atomic E-state index is 12.3. The summed E-state index contributed by atoms with van der Waals surface area (Å²) in [7, 11) is 0. The molecule has 1 aromatic carbocycles. The number of furan rings is 1. The number of rotatable bonds is 7. The molecule has 32 heavy (non-hydrogen) atoms. The molecule has 1 fully saturated rings. The third-order valence-corrected chi connectivity index (χ3v) is 5.00. The molecule has 11 nitrogen and oxygen atoms in total. The Morgan fingerprint density at radius 2 is 2.12 bits per heavy atom. The van der Waals surface area contributed by atoms with Crippen LogP contribution >= 0.6 is 0 Å². The van der Waals surface area contributed by atoms with Crippen LogP contribution in [0.1, 0.15) is 35.9 Å². The van der Waals surface area contributed by atoms with E-state index in [0.717, 1.165) is 18.9 Å². The number of esters is 1. The smallest absolute Gasteiger partial charge is 0.338 e. The van der Waals surface area contributed by atoms with E-state index in [1.54, 1.807) is 12.1 Å². The molecule has 1 unspecified atom stereocenters. The number of nitro groups is 1. The van der Waals surface area contributed by atoms with Gasteiger partial charge in [0, 0.05) is 19.2 Å². The fourth-order valence-corrected chi connectivity index (χ4v) is 3.47.